The van der Waals surface area contributed by atoms with Gasteiger partial charge < -0.3 is 4.74 Å². The molecule has 0 radical (unpaired) electrons. The van der Waals surface area contributed by atoms with E-state index >= 15 is 0 Å². The Kier molecular flexibility index (Phi) is 5.28. The highest BCUT2D eigenvalue weighted by Gasteiger charge is 2.15. The molecule has 4 nitrogen and oxygen atoms in total. The Balaban J connectivity index is 2.92. The molecule has 0 spiro atoms. The van der Waals surface area contributed by atoms with Crippen molar-refractivity contribution in [2.75, 3.05) is 7.11 Å². The first-order valence-corrected chi connectivity index (χ1v) is 5.82. The zero-order valence-corrected chi connectivity index (χ0v) is 10.8. The number of methoxy groups -OCH3 is 1. The van der Waals surface area contributed by atoms with Crippen LogP contribution in [0.4, 0.5) is 0 Å². The van der Waals surface area contributed by atoms with Crippen molar-refractivity contribution < 1.29 is 14.3 Å². The van der Waals surface area contributed by atoms with E-state index < -0.39 is 12.0 Å². The number of hydrogen-bond acceptors (Lipinski definition) is 4. The number of hydrogen-bond donors (Lipinski definition) is 0. The lowest BCUT2D eigenvalue weighted by Crippen LogP contribution is -2.07. The van der Waals surface area contributed by atoms with E-state index in [1.54, 1.807) is 0 Å². The number of nitrogens with zero attached hydrogens (tertiary/aromatic N) is 1. The summed E-state index contributed by atoms with van der Waals surface area (Å²) in [6, 6.07) is 7.19. The minimum absolute atomic E-state index is 0.0484. The standard InChI is InChI=1S/C14H17NO3/c1-10(2)11-4-6-12(7-5-11)13(15-9-16)8-14(17)18-3/h4-7,10,13H,8H2,1-3H3. The maximum absolute atomic E-state index is 11.2. The van der Waals surface area contributed by atoms with Crippen molar-refractivity contribution in [2.24, 2.45) is 4.99 Å². The van der Waals surface area contributed by atoms with E-state index in [1.807, 2.05) is 24.3 Å². The number of isocyanates is 1. The van der Waals surface area contributed by atoms with Gasteiger partial charge in [0, 0.05) is 0 Å². The van der Waals surface area contributed by atoms with Crippen LogP contribution in [-0.2, 0) is 14.3 Å². The smallest absolute Gasteiger partial charge is 0.308 e. The van der Waals surface area contributed by atoms with E-state index in [-0.39, 0.29) is 6.42 Å². The van der Waals surface area contributed by atoms with Crippen LogP contribution in [0.2, 0.25) is 0 Å². The van der Waals surface area contributed by atoms with Gasteiger partial charge in [-0.1, -0.05) is 38.1 Å². The van der Waals surface area contributed by atoms with Crippen molar-refractivity contribution in [2.45, 2.75) is 32.2 Å². The largest absolute Gasteiger partial charge is 0.469 e. The molecule has 0 fully saturated rings. The van der Waals surface area contributed by atoms with Crippen molar-refractivity contribution in [1.82, 2.24) is 0 Å². The fourth-order valence-electron chi connectivity index (χ4n) is 1.65. The molecule has 0 bridgehead atoms. The minimum atomic E-state index is -0.517. The Morgan fingerprint density at radius 1 is 1.28 bits per heavy atom. The summed E-state index contributed by atoms with van der Waals surface area (Å²) >= 11 is 0. The van der Waals surface area contributed by atoms with E-state index in [9.17, 15) is 9.59 Å². The van der Waals surface area contributed by atoms with Crippen LogP contribution < -0.4 is 0 Å². The molecule has 0 aliphatic rings. The Morgan fingerprint density at radius 2 is 1.83 bits per heavy atom. The summed E-state index contributed by atoms with van der Waals surface area (Å²) in [5.74, 6) is 0.0413. The molecular weight excluding hydrogens is 230 g/mol. The van der Waals surface area contributed by atoms with E-state index in [0.717, 1.165) is 5.56 Å². The lowest BCUT2D eigenvalue weighted by atomic mass is 9.98. The van der Waals surface area contributed by atoms with Gasteiger partial charge in [-0.2, -0.15) is 4.99 Å². The molecular formula is C14H17NO3. The van der Waals surface area contributed by atoms with Crippen molar-refractivity contribution in [3.63, 3.8) is 0 Å². The Hall–Kier alpha value is -1.93. The van der Waals surface area contributed by atoms with Crippen molar-refractivity contribution in [3.05, 3.63) is 35.4 Å². The molecule has 1 rings (SSSR count). The summed E-state index contributed by atoms with van der Waals surface area (Å²) in [7, 11) is 1.31. The zero-order valence-electron chi connectivity index (χ0n) is 10.8. The molecule has 1 aromatic carbocycles. The minimum Gasteiger partial charge on any atom is -0.469 e. The number of benzene rings is 1. The molecule has 1 atom stereocenters. The average Bonchev–Trinajstić information content (AvgIpc) is 2.38. The number of esters is 1. The number of carbonyl (C=O) groups is 1. The predicted molar refractivity (Wildman–Crippen MR) is 68.0 cm³/mol. The zero-order chi connectivity index (χ0) is 13.5. The fraction of sp³-hybridized carbons (Fsp3) is 0.429. The van der Waals surface area contributed by atoms with Crippen LogP contribution in [-0.4, -0.2) is 19.2 Å². The number of aliphatic imine (C=N–C) groups is 1. The molecule has 1 unspecified atom stereocenters. The van der Waals surface area contributed by atoms with E-state index in [1.165, 1.54) is 18.8 Å². The van der Waals surface area contributed by atoms with Gasteiger partial charge in [0.1, 0.15) is 0 Å². The third kappa shape index (κ3) is 3.82. The van der Waals surface area contributed by atoms with Crippen LogP contribution in [0.5, 0.6) is 0 Å². The topological polar surface area (TPSA) is 55.7 Å². The van der Waals surface area contributed by atoms with Crippen molar-refractivity contribution in [3.8, 4) is 0 Å². The third-order valence-corrected chi connectivity index (χ3v) is 2.78. The Bertz CT molecular complexity index is 445. The van der Waals surface area contributed by atoms with E-state index in [4.69, 9.17) is 0 Å². The predicted octanol–water partition coefficient (Wildman–Crippen LogP) is 2.75. The van der Waals surface area contributed by atoms with Crippen LogP contribution in [0.25, 0.3) is 0 Å². The summed E-state index contributed by atoms with van der Waals surface area (Å²) in [4.78, 5) is 25.3. The molecule has 0 saturated heterocycles. The lowest BCUT2D eigenvalue weighted by Gasteiger charge is -2.11. The molecule has 1 aromatic rings. The third-order valence-electron chi connectivity index (χ3n) is 2.78. The van der Waals surface area contributed by atoms with Gasteiger partial charge in [-0.15, -0.1) is 0 Å². The van der Waals surface area contributed by atoms with Crippen LogP contribution >= 0.6 is 0 Å². The summed E-state index contributed by atoms with van der Waals surface area (Å²) in [5, 5.41) is 0. The highest BCUT2D eigenvalue weighted by Crippen LogP contribution is 2.23. The number of rotatable bonds is 5. The van der Waals surface area contributed by atoms with Gasteiger partial charge in [-0.25, -0.2) is 4.79 Å². The molecule has 18 heavy (non-hydrogen) atoms. The van der Waals surface area contributed by atoms with E-state index in [0.29, 0.717) is 5.92 Å². The first kappa shape index (κ1) is 14.1. The monoisotopic (exact) mass is 247 g/mol. The van der Waals surface area contributed by atoms with Gasteiger partial charge in [-0.05, 0) is 17.0 Å². The molecule has 0 saturated carbocycles. The maximum Gasteiger partial charge on any atom is 0.308 e. The van der Waals surface area contributed by atoms with Crippen LogP contribution in [0.1, 0.15) is 43.4 Å². The van der Waals surface area contributed by atoms with Crippen molar-refractivity contribution >= 4 is 12.0 Å². The average molecular weight is 247 g/mol. The lowest BCUT2D eigenvalue weighted by molar-refractivity contribution is -0.141. The summed E-state index contributed by atoms with van der Waals surface area (Å²) in [6.45, 7) is 4.20. The fourth-order valence-corrected chi connectivity index (χ4v) is 1.65. The quantitative estimate of drug-likeness (QED) is 0.456. The molecule has 96 valence electrons. The highest BCUT2D eigenvalue weighted by molar-refractivity contribution is 5.70. The van der Waals surface area contributed by atoms with Crippen molar-refractivity contribution in [1.29, 1.82) is 0 Å². The Morgan fingerprint density at radius 3 is 2.28 bits per heavy atom. The normalized spacial score (nSPS) is 11.8. The van der Waals surface area contributed by atoms with Gasteiger partial charge in [-0.3, -0.25) is 4.79 Å². The number of carbonyl (C=O) groups excluding carboxylic acids is 2. The van der Waals surface area contributed by atoms with Gasteiger partial charge in [0.05, 0.1) is 19.6 Å². The summed E-state index contributed by atoms with van der Waals surface area (Å²) < 4.78 is 4.58. The Labute approximate surface area is 107 Å². The second-order valence-electron chi connectivity index (χ2n) is 4.34. The molecule has 0 aromatic heterocycles. The molecule has 0 heterocycles. The second-order valence-corrected chi connectivity index (χ2v) is 4.34. The van der Waals surface area contributed by atoms with Crippen LogP contribution in [0, 0.1) is 0 Å². The molecule has 4 heteroatoms. The summed E-state index contributed by atoms with van der Waals surface area (Å²) in [6.07, 6.45) is 1.55. The van der Waals surface area contributed by atoms with Gasteiger partial charge in [0.25, 0.3) is 0 Å². The molecule has 0 aliphatic carbocycles. The van der Waals surface area contributed by atoms with Gasteiger partial charge in [0.15, 0.2) is 0 Å². The first-order valence-electron chi connectivity index (χ1n) is 5.82. The SMILES string of the molecule is COC(=O)CC(N=C=O)c1ccc(C(C)C)cc1. The second kappa shape index (κ2) is 6.72. The highest BCUT2D eigenvalue weighted by atomic mass is 16.5. The number of ether oxygens (including phenoxy) is 1. The summed E-state index contributed by atoms with van der Waals surface area (Å²) in [5.41, 5.74) is 2.01. The first-order chi connectivity index (χ1) is 8.58. The van der Waals surface area contributed by atoms with Crippen LogP contribution in [0.3, 0.4) is 0 Å². The molecule has 0 aliphatic heterocycles. The molecule has 0 amide bonds. The van der Waals surface area contributed by atoms with Crippen LogP contribution in [0.15, 0.2) is 29.3 Å². The molecule has 0 N–H and O–H groups in total. The van der Waals surface area contributed by atoms with Gasteiger partial charge in [0.2, 0.25) is 6.08 Å². The van der Waals surface area contributed by atoms with Gasteiger partial charge >= 0.3 is 5.97 Å². The van der Waals surface area contributed by atoms with E-state index in [2.05, 4.69) is 23.6 Å². The maximum atomic E-state index is 11.2.